The van der Waals surface area contributed by atoms with Crippen LogP contribution in [0.3, 0.4) is 0 Å². The number of fused-ring (bicyclic) bond motifs is 2. The Morgan fingerprint density at radius 3 is 0.971 bits per heavy atom. The normalized spacial score (nSPS) is 11.1. The van der Waals surface area contributed by atoms with E-state index in [4.69, 9.17) is 0 Å². The lowest BCUT2D eigenvalue weighted by Crippen LogP contribution is -2.10. The summed E-state index contributed by atoms with van der Waals surface area (Å²) in [5, 5.41) is 4.86. The fourth-order valence-corrected chi connectivity index (χ4v) is 9.84. The van der Waals surface area contributed by atoms with E-state index < -0.39 is 0 Å². The van der Waals surface area contributed by atoms with Crippen LogP contribution in [0.5, 0.6) is 0 Å². The summed E-state index contributed by atoms with van der Waals surface area (Å²) in [6.07, 6.45) is 0. The molecule has 12 rings (SSSR count). The second kappa shape index (κ2) is 18.8. The van der Waals surface area contributed by atoms with Gasteiger partial charge in [0.1, 0.15) is 0 Å². The van der Waals surface area contributed by atoms with Crippen LogP contribution >= 0.6 is 0 Å². The molecule has 0 aromatic heterocycles. The van der Waals surface area contributed by atoms with E-state index in [1.54, 1.807) is 0 Å². The summed E-state index contributed by atoms with van der Waals surface area (Å²) >= 11 is 0. The van der Waals surface area contributed by atoms with Gasteiger partial charge in [0.05, 0.1) is 0 Å². The summed E-state index contributed by atoms with van der Waals surface area (Å²) in [5.74, 6) is 0. The third-order valence-electron chi connectivity index (χ3n) is 13.4. The van der Waals surface area contributed by atoms with Crippen LogP contribution in [-0.4, -0.2) is 0 Å². The van der Waals surface area contributed by atoms with Crippen LogP contribution in [0.25, 0.3) is 77.2 Å². The average Bonchev–Trinajstić information content (AvgIpc) is 3.44. The second-order valence-electron chi connectivity index (χ2n) is 17.8. The largest absolute Gasteiger partial charge is 0.310 e. The van der Waals surface area contributed by atoms with E-state index in [0.29, 0.717) is 0 Å². The molecule has 0 unspecified atom stereocenters. The van der Waals surface area contributed by atoms with Crippen LogP contribution in [0.15, 0.2) is 291 Å². The summed E-state index contributed by atoms with van der Waals surface area (Å²) in [6.45, 7) is 0. The molecule has 0 saturated carbocycles. The molecular formula is C68H48N2. The zero-order chi connectivity index (χ0) is 46.6. The van der Waals surface area contributed by atoms with Crippen molar-refractivity contribution < 1.29 is 0 Å². The van der Waals surface area contributed by atoms with E-state index in [1.807, 2.05) is 0 Å². The standard InChI is InChI=1S/C68H48N2/c1-4-15-49(16-5-1)53-27-35-61(36-28-53)69(64-41-33-51-19-10-12-23-58(51)46-64)62-39-31-55(32-40-62)57-25-14-26-60(45-57)67-44-43-66(48-68(67)56-21-8-3-9-22-56)70(65-42-34-52-20-11-13-24-59(52)47-65)63-37-29-54(30-38-63)50-17-6-2-7-18-50/h1-48H. The van der Waals surface area contributed by atoms with Crippen molar-refractivity contribution in [2.75, 3.05) is 9.80 Å². The van der Waals surface area contributed by atoms with Gasteiger partial charge in [-0.05, 0) is 156 Å². The summed E-state index contributed by atoms with van der Waals surface area (Å²) in [5.41, 5.74) is 18.4. The Hall–Kier alpha value is -9.24. The van der Waals surface area contributed by atoms with Crippen LogP contribution in [-0.2, 0) is 0 Å². The van der Waals surface area contributed by atoms with Gasteiger partial charge >= 0.3 is 0 Å². The summed E-state index contributed by atoms with van der Waals surface area (Å²) in [6, 6.07) is 105. The van der Waals surface area contributed by atoms with E-state index in [1.165, 1.54) is 54.9 Å². The number of hydrogen-bond acceptors (Lipinski definition) is 2. The lowest BCUT2D eigenvalue weighted by Gasteiger charge is -2.27. The van der Waals surface area contributed by atoms with Crippen LogP contribution < -0.4 is 9.80 Å². The molecule has 0 radical (unpaired) electrons. The third-order valence-corrected chi connectivity index (χ3v) is 13.4. The van der Waals surface area contributed by atoms with Crippen molar-refractivity contribution in [3.05, 3.63) is 291 Å². The quantitative estimate of drug-likeness (QED) is 0.128. The zero-order valence-corrected chi connectivity index (χ0v) is 38.6. The maximum Gasteiger partial charge on any atom is 0.0468 e. The molecule has 330 valence electrons. The molecular weight excluding hydrogens is 845 g/mol. The highest BCUT2D eigenvalue weighted by Gasteiger charge is 2.19. The first-order valence-electron chi connectivity index (χ1n) is 24.0. The molecule has 12 aromatic rings. The highest BCUT2D eigenvalue weighted by molar-refractivity contribution is 5.94. The lowest BCUT2D eigenvalue weighted by atomic mass is 9.91. The molecule has 0 bridgehead atoms. The average molecular weight is 893 g/mol. The molecule has 0 aliphatic carbocycles. The van der Waals surface area contributed by atoms with Gasteiger partial charge in [-0.3, -0.25) is 0 Å². The Labute approximate surface area is 410 Å². The van der Waals surface area contributed by atoms with Crippen molar-refractivity contribution >= 4 is 55.7 Å². The van der Waals surface area contributed by atoms with E-state index in [0.717, 1.165) is 56.4 Å². The summed E-state index contributed by atoms with van der Waals surface area (Å²) in [4.78, 5) is 4.74. The fraction of sp³-hybridized carbons (Fsp3) is 0. The Bertz CT molecular complexity index is 3730. The van der Waals surface area contributed by atoms with Gasteiger partial charge < -0.3 is 9.80 Å². The first-order chi connectivity index (χ1) is 34.7. The summed E-state index contributed by atoms with van der Waals surface area (Å²) < 4.78 is 0. The monoisotopic (exact) mass is 892 g/mol. The van der Waals surface area contributed by atoms with Crippen molar-refractivity contribution in [3.8, 4) is 55.6 Å². The second-order valence-corrected chi connectivity index (χ2v) is 17.8. The van der Waals surface area contributed by atoms with Gasteiger partial charge in [-0.2, -0.15) is 0 Å². The van der Waals surface area contributed by atoms with Crippen LogP contribution in [0, 0.1) is 0 Å². The topological polar surface area (TPSA) is 6.48 Å². The molecule has 0 amide bonds. The number of benzene rings is 12. The third kappa shape index (κ3) is 8.51. The van der Waals surface area contributed by atoms with Gasteiger partial charge in [-0.25, -0.2) is 0 Å². The molecule has 0 spiro atoms. The van der Waals surface area contributed by atoms with E-state index in [-0.39, 0.29) is 0 Å². The number of rotatable bonds is 11. The van der Waals surface area contributed by atoms with Gasteiger partial charge in [0.15, 0.2) is 0 Å². The molecule has 2 heteroatoms. The number of hydrogen-bond donors (Lipinski definition) is 0. The minimum absolute atomic E-state index is 1.09. The molecule has 70 heavy (non-hydrogen) atoms. The van der Waals surface area contributed by atoms with Crippen LogP contribution in [0.4, 0.5) is 34.1 Å². The minimum Gasteiger partial charge on any atom is -0.310 e. The van der Waals surface area contributed by atoms with E-state index in [9.17, 15) is 0 Å². The zero-order valence-electron chi connectivity index (χ0n) is 38.6. The van der Waals surface area contributed by atoms with Gasteiger partial charge in [0.2, 0.25) is 0 Å². The van der Waals surface area contributed by atoms with Gasteiger partial charge in [0, 0.05) is 34.1 Å². The Balaban J connectivity index is 0.917. The molecule has 0 N–H and O–H groups in total. The molecule has 0 heterocycles. The van der Waals surface area contributed by atoms with Crippen molar-refractivity contribution in [2.45, 2.75) is 0 Å². The number of nitrogens with zero attached hydrogens (tertiary/aromatic N) is 2. The molecule has 0 aliphatic heterocycles. The highest BCUT2D eigenvalue weighted by atomic mass is 15.1. The Morgan fingerprint density at radius 1 is 0.157 bits per heavy atom. The fourth-order valence-electron chi connectivity index (χ4n) is 9.84. The van der Waals surface area contributed by atoms with Gasteiger partial charge in [0.25, 0.3) is 0 Å². The van der Waals surface area contributed by atoms with Crippen molar-refractivity contribution in [1.82, 2.24) is 0 Å². The summed E-state index contributed by atoms with van der Waals surface area (Å²) in [7, 11) is 0. The predicted octanol–water partition coefficient (Wildman–Crippen LogP) is 19.3. The van der Waals surface area contributed by atoms with Crippen molar-refractivity contribution in [1.29, 1.82) is 0 Å². The lowest BCUT2D eigenvalue weighted by molar-refractivity contribution is 1.29. The van der Waals surface area contributed by atoms with Crippen LogP contribution in [0.2, 0.25) is 0 Å². The maximum atomic E-state index is 2.38. The smallest absolute Gasteiger partial charge is 0.0468 e. The molecule has 0 atom stereocenters. The molecule has 0 fully saturated rings. The van der Waals surface area contributed by atoms with Crippen molar-refractivity contribution in [3.63, 3.8) is 0 Å². The van der Waals surface area contributed by atoms with Gasteiger partial charge in [-0.15, -0.1) is 0 Å². The molecule has 12 aromatic carbocycles. The van der Waals surface area contributed by atoms with E-state index in [2.05, 4.69) is 301 Å². The molecule has 2 nitrogen and oxygen atoms in total. The van der Waals surface area contributed by atoms with Crippen molar-refractivity contribution in [2.24, 2.45) is 0 Å². The minimum atomic E-state index is 1.09. The predicted molar refractivity (Wildman–Crippen MR) is 298 cm³/mol. The first kappa shape index (κ1) is 42.1. The van der Waals surface area contributed by atoms with E-state index >= 15 is 0 Å². The highest BCUT2D eigenvalue weighted by Crippen LogP contribution is 2.43. The van der Waals surface area contributed by atoms with Gasteiger partial charge in [-0.1, -0.05) is 212 Å². The number of anilines is 6. The molecule has 0 saturated heterocycles. The Morgan fingerprint density at radius 2 is 0.486 bits per heavy atom. The SMILES string of the molecule is c1ccc(-c2ccc(N(c3ccc(-c4cccc(-c5ccc(N(c6ccc(-c7ccccc7)cc6)c6ccc7ccccc7c6)cc5-c5ccccc5)c4)cc3)c3ccc4ccccc4c3)cc2)cc1. The maximum absolute atomic E-state index is 2.38. The van der Waals surface area contributed by atoms with Crippen LogP contribution in [0.1, 0.15) is 0 Å². The first-order valence-corrected chi connectivity index (χ1v) is 24.0. The molecule has 0 aliphatic rings. The Kier molecular flexibility index (Phi) is 11.3.